The smallest absolute Gasteiger partial charge is 0.137 e. The van der Waals surface area contributed by atoms with Gasteiger partial charge < -0.3 is 0 Å². The van der Waals surface area contributed by atoms with Crippen molar-refractivity contribution in [3.05, 3.63) is 96.2 Å². The normalized spacial score (nSPS) is 10.9. The molecule has 0 aliphatic carbocycles. The third-order valence-electron chi connectivity index (χ3n) is 5.00. The van der Waals surface area contributed by atoms with Crippen LogP contribution in [0.25, 0.3) is 22.0 Å². The maximum absolute atomic E-state index is 14.5. The first-order chi connectivity index (χ1) is 14.2. The Hall–Kier alpha value is -3.40. The molecule has 0 aliphatic heterocycles. The lowest BCUT2D eigenvalue weighted by atomic mass is 9.99. The number of hydrogen-bond acceptors (Lipinski definition) is 3. The number of halogens is 1. The summed E-state index contributed by atoms with van der Waals surface area (Å²) in [5.41, 5.74) is 4.16. The molecule has 2 aromatic heterocycles. The third-order valence-corrected chi connectivity index (χ3v) is 5.00. The van der Waals surface area contributed by atoms with E-state index in [0.29, 0.717) is 23.9 Å². The fourth-order valence-corrected chi connectivity index (χ4v) is 3.48. The Morgan fingerprint density at radius 3 is 2.55 bits per heavy atom. The van der Waals surface area contributed by atoms with E-state index >= 15 is 0 Å². The number of pyridine rings is 2. The van der Waals surface area contributed by atoms with Gasteiger partial charge in [-0.15, -0.1) is 0 Å². The molecule has 0 atom stereocenters. The van der Waals surface area contributed by atoms with Gasteiger partial charge in [-0.05, 0) is 47.7 Å². The number of carbonyl (C=O) groups excluding carboxylic acids is 1. The van der Waals surface area contributed by atoms with Crippen LogP contribution in [0, 0.1) is 5.82 Å². The molecule has 29 heavy (non-hydrogen) atoms. The molecule has 0 unspecified atom stereocenters. The summed E-state index contributed by atoms with van der Waals surface area (Å²) in [4.78, 5) is 20.3. The van der Waals surface area contributed by atoms with Crippen LogP contribution in [-0.2, 0) is 17.6 Å². The van der Waals surface area contributed by atoms with E-state index in [1.54, 1.807) is 18.6 Å². The summed E-state index contributed by atoms with van der Waals surface area (Å²) in [6, 6.07) is 18.8. The van der Waals surface area contributed by atoms with E-state index in [1.165, 1.54) is 6.07 Å². The van der Waals surface area contributed by atoms with Gasteiger partial charge in [-0.3, -0.25) is 14.8 Å². The number of rotatable bonds is 7. The van der Waals surface area contributed by atoms with Gasteiger partial charge in [-0.1, -0.05) is 36.4 Å². The first kappa shape index (κ1) is 18.9. The van der Waals surface area contributed by atoms with Crippen molar-refractivity contribution < 1.29 is 9.18 Å². The zero-order valence-electron chi connectivity index (χ0n) is 16.0. The highest BCUT2D eigenvalue weighted by Crippen LogP contribution is 2.27. The van der Waals surface area contributed by atoms with E-state index in [2.05, 4.69) is 9.97 Å². The summed E-state index contributed by atoms with van der Waals surface area (Å²) < 4.78 is 14.5. The molecule has 2 heterocycles. The molecule has 0 N–H and O–H groups in total. The highest BCUT2D eigenvalue weighted by atomic mass is 19.1. The van der Waals surface area contributed by atoms with Crippen molar-refractivity contribution >= 4 is 16.7 Å². The molecule has 0 radical (unpaired) electrons. The minimum atomic E-state index is -0.273. The molecule has 2 aromatic carbocycles. The zero-order chi connectivity index (χ0) is 20.1. The number of aromatic nitrogens is 2. The fourth-order valence-electron chi connectivity index (χ4n) is 3.48. The molecule has 0 bridgehead atoms. The molecule has 0 aliphatic rings. The van der Waals surface area contributed by atoms with Gasteiger partial charge in [0.1, 0.15) is 11.6 Å². The Kier molecular flexibility index (Phi) is 5.71. The van der Waals surface area contributed by atoms with Gasteiger partial charge in [0.15, 0.2) is 0 Å². The summed E-state index contributed by atoms with van der Waals surface area (Å²) in [6.45, 7) is 0. The van der Waals surface area contributed by atoms with E-state index in [1.807, 2.05) is 54.6 Å². The summed E-state index contributed by atoms with van der Waals surface area (Å²) in [5.74, 6) is -0.0496. The number of Topliss-reactive ketones (excluding diaryl/α,β-unsaturated/α-hetero) is 1. The monoisotopic (exact) mass is 384 g/mol. The molecule has 3 nitrogen and oxygen atoms in total. The highest BCUT2D eigenvalue weighted by Gasteiger charge is 2.09. The average molecular weight is 384 g/mol. The quantitative estimate of drug-likeness (QED) is 0.418. The predicted octanol–water partition coefficient (Wildman–Crippen LogP) is 5.57. The van der Waals surface area contributed by atoms with Crippen LogP contribution in [0.3, 0.4) is 0 Å². The topological polar surface area (TPSA) is 42.9 Å². The number of ketones is 1. The molecular formula is C25H21FN2O. The second kappa shape index (κ2) is 8.74. The minimum Gasteiger partial charge on any atom is -0.299 e. The van der Waals surface area contributed by atoms with Gasteiger partial charge in [-0.25, -0.2) is 4.39 Å². The van der Waals surface area contributed by atoms with E-state index in [9.17, 15) is 9.18 Å². The van der Waals surface area contributed by atoms with Crippen molar-refractivity contribution in [1.29, 1.82) is 0 Å². The van der Waals surface area contributed by atoms with Crippen LogP contribution < -0.4 is 0 Å². The molecule has 0 saturated heterocycles. The number of hydrogen-bond donors (Lipinski definition) is 0. The molecular weight excluding hydrogens is 363 g/mol. The standard InChI is InChI=1S/C25H21FN2O/c26-24-16-25-21(6-3-13-28-25)15-23(24)20-10-8-18(9-11-20)4-1-7-22(29)14-19-5-2-12-27-17-19/h2-3,5-6,8-13,15-17H,1,4,7,14H2. The van der Waals surface area contributed by atoms with Crippen molar-refractivity contribution in [2.24, 2.45) is 0 Å². The Morgan fingerprint density at radius 2 is 1.76 bits per heavy atom. The first-order valence-electron chi connectivity index (χ1n) is 9.73. The third kappa shape index (κ3) is 4.72. The lowest BCUT2D eigenvalue weighted by Crippen LogP contribution is -2.03. The zero-order valence-corrected chi connectivity index (χ0v) is 16.0. The van der Waals surface area contributed by atoms with Gasteiger partial charge in [0.25, 0.3) is 0 Å². The van der Waals surface area contributed by atoms with Crippen LogP contribution in [0.15, 0.2) is 79.3 Å². The van der Waals surface area contributed by atoms with Crippen molar-refractivity contribution in [2.45, 2.75) is 25.7 Å². The maximum Gasteiger partial charge on any atom is 0.137 e. The Labute approximate surface area is 169 Å². The van der Waals surface area contributed by atoms with Crippen LogP contribution >= 0.6 is 0 Å². The lowest BCUT2D eigenvalue weighted by molar-refractivity contribution is -0.118. The van der Waals surface area contributed by atoms with Gasteiger partial charge in [0.2, 0.25) is 0 Å². The molecule has 0 spiro atoms. The van der Waals surface area contributed by atoms with E-state index in [0.717, 1.165) is 34.9 Å². The van der Waals surface area contributed by atoms with Crippen LogP contribution in [0.4, 0.5) is 4.39 Å². The van der Waals surface area contributed by atoms with Gasteiger partial charge >= 0.3 is 0 Å². The minimum absolute atomic E-state index is 0.224. The molecule has 0 amide bonds. The molecule has 144 valence electrons. The van der Waals surface area contributed by atoms with Crippen molar-refractivity contribution in [3.63, 3.8) is 0 Å². The Morgan fingerprint density at radius 1 is 0.931 bits per heavy atom. The molecule has 4 aromatic rings. The second-order valence-corrected chi connectivity index (χ2v) is 7.16. The second-order valence-electron chi connectivity index (χ2n) is 7.16. The van der Waals surface area contributed by atoms with Crippen molar-refractivity contribution in [1.82, 2.24) is 9.97 Å². The lowest BCUT2D eigenvalue weighted by Gasteiger charge is -2.07. The number of nitrogens with zero attached hydrogens (tertiary/aromatic N) is 2. The largest absolute Gasteiger partial charge is 0.299 e. The number of carbonyl (C=O) groups is 1. The highest BCUT2D eigenvalue weighted by molar-refractivity contribution is 5.84. The molecule has 4 rings (SSSR count). The summed E-state index contributed by atoms with van der Waals surface area (Å²) in [6.07, 6.45) is 7.71. The van der Waals surface area contributed by atoms with Gasteiger partial charge in [0.05, 0.1) is 5.52 Å². The number of aryl methyl sites for hydroxylation is 1. The molecule has 0 saturated carbocycles. The van der Waals surface area contributed by atoms with E-state index < -0.39 is 0 Å². The Balaban J connectivity index is 1.37. The van der Waals surface area contributed by atoms with Crippen molar-refractivity contribution in [3.8, 4) is 11.1 Å². The average Bonchev–Trinajstić information content (AvgIpc) is 2.74. The van der Waals surface area contributed by atoms with Crippen LogP contribution in [0.5, 0.6) is 0 Å². The number of fused-ring (bicyclic) bond motifs is 1. The first-order valence-corrected chi connectivity index (χ1v) is 9.73. The number of benzene rings is 2. The van der Waals surface area contributed by atoms with E-state index in [4.69, 9.17) is 0 Å². The van der Waals surface area contributed by atoms with Crippen LogP contribution in [0.2, 0.25) is 0 Å². The Bertz CT molecular complexity index is 1120. The summed E-state index contributed by atoms with van der Waals surface area (Å²) >= 11 is 0. The molecule has 0 fully saturated rings. The summed E-state index contributed by atoms with van der Waals surface area (Å²) in [7, 11) is 0. The maximum atomic E-state index is 14.5. The van der Waals surface area contributed by atoms with Gasteiger partial charge in [0, 0.05) is 48.4 Å². The summed E-state index contributed by atoms with van der Waals surface area (Å²) in [5, 5.41) is 0.917. The predicted molar refractivity (Wildman–Crippen MR) is 113 cm³/mol. The van der Waals surface area contributed by atoms with E-state index in [-0.39, 0.29) is 11.6 Å². The van der Waals surface area contributed by atoms with Crippen molar-refractivity contribution in [2.75, 3.05) is 0 Å². The van der Waals surface area contributed by atoms with Gasteiger partial charge in [-0.2, -0.15) is 0 Å². The van der Waals surface area contributed by atoms with Crippen LogP contribution in [-0.4, -0.2) is 15.8 Å². The van der Waals surface area contributed by atoms with Crippen LogP contribution in [0.1, 0.15) is 24.0 Å². The molecule has 4 heteroatoms. The SMILES string of the molecule is O=C(CCCc1ccc(-c2cc3cccnc3cc2F)cc1)Cc1cccnc1. The fraction of sp³-hybridized carbons (Fsp3) is 0.160.